The highest BCUT2D eigenvalue weighted by atomic mass is 32.1. The smallest absolute Gasteiger partial charge is 0.153 e. The Morgan fingerprint density at radius 3 is 1.84 bits per heavy atom. The van der Waals surface area contributed by atoms with E-state index in [0.717, 1.165) is 49.0 Å². The zero-order valence-corrected chi connectivity index (χ0v) is 34.9. The Labute approximate surface area is 367 Å². The fourth-order valence-electron chi connectivity index (χ4n) is 10.00. The summed E-state index contributed by atoms with van der Waals surface area (Å²) < 4.78 is 11.6. The molecule has 63 heavy (non-hydrogen) atoms. The molecule has 300 valence electrons. The van der Waals surface area contributed by atoms with Crippen molar-refractivity contribution in [3.63, 3.8) is 0 Å². The van der Waals surface area contributed by atoms with Crippen LogP contribution in [-0.4, -0.2) is 4.57 Å². The van der Waals surface area contributed by atoms with E-state index in [2.05, 4.69) is 221 Å². The van der Waals surface area contributed by atoms with Gasteiger partial charge in [0, 0.05) is 42.7 Å². The summed E-state index contributed by atoms with van der Waals surface area (Å²) in [5, 5.41) is 20.9. The monoisotopic (exact) mass is 827 g/mol. The molecule has 0 bridgehead atoms. The predicted octanol–water partition coefficient (Wildman–Crippen LogP) is 15.3. The Hall–Kier alpha value is -7.32. The lowest BCUT2D eigenvalue weighted by atomic mass is 9.98. The van der Waals surface area contributed by atoms with E-state index in [0.29, 0.717) is 0 Å². The minimum atomic E-state index is -0.346. The number of benzene rings is 9. The molecule has 6 heteroatoms. The maximum Gasteiger partial charge on any atom is 0.153 e. The molecule has 1 aliphatic heterocycles. The van der Waals surface area contributed by atoms with Crippen LogP contribution in [0.3, 0.4) is 0 Å². The summed E-state index contributed by atoms with van der Waals surface area (Å²) in [7, 11) is 0. The molecule has 1 aliphatic rings. The van der Waals surface area contributed by atoms with Crippen LogP contribution in [0.25, 0.3) is 97.2 Å². The van der Waals surface area contributed by atoms with Crippen molar-refractivity contribution in [2.24, 2.45) is 0 Å². The van der Waals surface area contributed by atoms with Crippen LogP contribution < -0.4 is 10.6 Å². The lowest BCUT2D eigenvalue weighted by molar-refractivity contribution is 0.317. The van der Waals surface area contributed by atoms with E-state index in [-0.39, 0.29) is 18.5 Å². The number of rotatable bonds is 6. The van der Waals surface area contributed by atoms with E-state index in [4.69, 9.17) is 9.73 Å². The van der Waals surface area contributed by atoms with Gasteiger partial charge in [-0.3, -0.25) is 0 Å². The number of nitrogens with zero attached hydrogens (tertiary/aromatic N) is 2. The first-order valence-corrected chi connectivity index (χ1v) is 22.4. The average Bonchev–Trinajstić information content (AvgIpc) is 4.04. The first-order valence-electron chi connectivity index (χ1n) is 21.5. The van der Waals surface area contributed by atoms with Crippen molar-refractivity contribution in [3.05, 3.63) is 228 Å². The van der Waals surface area contributed by atoms with Gasteiger partial charge in [-0.25, -0.2) is 0 Å². The highest BCUT2D eigenvalue weighted by molar-refractivity contribution is 7.26. The van der Waals surface area contributed by atoms with Crippen LogP contribution in [0.4, 0.5) is 0 Å². The summed E-state index contributed by atoms with van der Waals surface area (Å²) in [6, 6.07) is 73.9. The molecule has 2 N–H and O–H groups in total. The summed E-state index contributed by atoms with van der Waals surface area (Å²) >= 11 is 1.81. The summed E-state index contributed by atoms with van der Waals surface area (Å²) in [5.74, 6) is 0. The first kappa shape index (κ1) is 36.3. The number of aromatic nitrogens is 1. The van der Waals surface area contributed by atoms with Gasteiger partial charge in [-0.1, -0.05) is 182 Å². The molecule has 0 aliphatic carbocycles. The number of para-hydroxylation sites is 3. The average molecular weight is 828 g/mol. The molecule has 5 nitrogen and oxygen atoms in total. The van der Waals surface area contributed by atoms with E-state index in [1.807, 2.05) is 11.3 Å². The molecular weight excluding hydrogens is 789 g/mol. The van der Waals surface area contributed by atoms with Gasteiger partial charge >= 0.3 is 0 Å². The van der Waals surface area contributed by atoms with Crippen molar-refractivity contribution in [3.8, 4) is 27.9 Å². The zero-order valence-electron chi connectivity index (χ0n) is 34.1. The van der Waals surface area contributed by atoms with Crippen molar-refractivity contribution in [1.29, 1.82) is 0 Å². The van der Waals surface area contributed by atoms with E-state index in [1.165, 1.54) is 59.5 Å². The van der Waals surface area contributed by atoms with Gasteiger partial charge in [0.05, 0.1) is 21.9 Å². The van der Waals surface area contributed by atoms with Crippen LogP contribution in [0.15, 0.2) is 211 Å². The Bertz CT molecular complexity index is 3650. The van der Waals surface area contributed by atoms with Crippen molar-refractivity contribution < 1.29 is 4.42 Å². The molecule has 3 atom stereocenters. The van der Waals surface area contributed by atoms with Gasteiger partial charge in [-0.05, 0) is 75.3 Å². The lowest BCUT2D eigenvalue weighted by Gasteiger charge is -2.50. The largest absolute Gasteiger partial charge is 0.624 e. The van der Waals surface area contributed by atoms with Crippen molar-refractivity contribution in [1.82, 2.24) is 15.2 Å². The van der Waals surface area contributed by atoms with Crippen LogP contribution in [0, 0.1) is 0 Å². The molecular formula is C57H39N4OS-. The molecule has 1 fully saturated rings. The summed E-state index contributed by atoms with van der Waals surface area (Å²) in [5.41, 5.74) is 13.4. The molecule has 0 radical (unpaired) electrons. The number of fused-ring (bicyclic) bond motifs is 10. The van der Waals surface area contributed by atoms with Crippen molar-refractivity contribution >= 4 is 75.3 Å². The standard InChI is InChI=1S/C57H39N4OS/c1-3-16-35(17-4-1)37-20-13-21-38(34-37)55-58-56(44-24-9-12-30-49(44)61-47-28-10-7-22-40(47)41-23-8-11-29-48(41)61)60-57(59-55)46-27-14-26-42-43-32-33-45-51-39(36-18-5-2-6-19-36)25-15-31-50(51)62-52(45)54(43)63-53(42)46/h1-34,55-59H/q-1. The molecule has 4 heterocycles. The third-order valence-corrected chi connectivity index (χ3v) is 14.1. The second-order valence-electron chi connectivity index (χ2n) is 16.4. The molecule has 0 amide bonds. The molecule has 1 saturated heterocycles. The Balaban J connectivity index is 0.979. The van der Waals surface area contributed by atoms with Gasteiger partial charge < -0.3 is 24.9 Å². The minimum Gasteiger partial charge on any atom is -0.624 e. The molecule has 9 aromatic carbocycles. The Morgan fingerprint density at radius 1 is 0.460 bits per heavy atom. The highest BCUT2D eigenvalue weighted by Gasteiger charge is 2.27. The van der Waals surface area contributed by atoms with Crippen LogP contribution in [-0.2, 0) is 0 Å². The number of furan rings is 1. The van der Waals surface area contributed by atoms with Crippen molar-refractivity contribution in [2.75, 3.05) is 0 Å². The fraction of sp³-hybridized carbons (Fsp3) is 0.0526. The second kappa shape index (κ2) is 14.7. The molecule has 3 unspecified atom stereocenters. The SMILES string of the molecule is c1ccc(-c2cccc(C3NC(c4ccccc4-n4c5ccccc5c5ccccc54)[N-]C(c4cccc5c4sc4c5ccc5c4oc4cccc(-c6ccccc6)c45)N3)c2)cc1. The molecule has 12 aromatic rings. The van der Waals surface area contributed by atoms with Gasteiger partial charge in [-0.15, -0.1) is 11.3 Å². The van der Waals surface area contributed by atoms with Crippen LogP contribution >= 0.6 is 11.3 Å². The normalized spacial score (nSPS) is 16.9. The Kier molecular flexibility index (Phi) is 8.46. The molecule has 3 aromatic heterocycles. The molecule has 0 saturated carbocycles. The zero-order chi connectivity index (χ0) is 41.4. The Morgan fingerprint density at radius 2 is 1.05 bits per heavy atom. The summed E-state index contributed by atoms with van der Waals surface area (Å²) in [4.78, 5) is 0. The van der Waals surface area contributed by atoms with Gasteiger partial charge in [0.25, 0.3) is 0 Å². The molecule has 13 rings (SSSR count). The van der Waals surface area contributed by atoms with Crippen molar-refractivity contribution in [2.45, 2.75) is 18.5 Å². The van der Waals surface area contributed by atoms with Crippen LogP contribution in [0.2, 0.25) is 0 Å². The summed E-state index contributed by atoms with van der Waals surface area (Å²) in [6.07, 6.45) is -0.892. The van der Waals surface area contributed by atoms with E-state index in [9.17, 15) is 0 Å². The first-order chi connectivity index (χ1) is 31.2. The van der Waals surface area contributed by atoms with Crippen LogP contribution in [0.5, 0.6) is 0 Å². The lowest BCUT2D eigenvalue weighted by Crippen LogP contribution is -2.44. The highest BCUT2D eigenvalue weighted by Crippen LogP contribution is 2.48. The van der Waals surface area contributed by atoms with E-state index >= 15 is 0 Å². The predicted molar refractivity (Wildman–Crippen MR) is 263 cm³/mol. The quantitative estimate of drug-likeness (QED) is 0.176. The number of hydrogen-bond donors (Lipinski definition) is 2. The number of hydrogen-bond acceptors (Lipinski definition) is 4. The fourth-order valence-corrected chi connectivity index (χ4v) is 11.3. The van der Waals surface area contributed by atoms with Gasteiger partial charge in [-0.2, -0.15) is 0 Å². The summed E-state index contributed by atoms with van der Waals surface area (Å²) in [6.45, 7) is 0. The maximum atomic E-state index is 6.81. The second-order valence-corrected chi connectivity index (χ2v) is 17.5. The van der Waals surface area contributed by atoms with Gasteiger partial charge in [0.1, 0.15) is 5.58 Å². The van der Waals surface area contributed by atoms with Gasteiger partial charge in [0.15, 0.2) is 5.58 Å². The number of nitrogens with one attached hydrogen (secondary N) is 2. The van der Waals surface area contributed by atoms with Crippen LogP contribution in [0.1, 0.15) is 35.2 Å². The number of thiophene rings is 1. The third-order valence-electron chi connectivity index (χ3n) is 12.9. The third kappa shape index (κ3) is 5.88. The van der Waals surface area contributed by atoms with E-state index < -0.39 is 0 Å². The minimum absolute atomic E-state index is 0.213. The van der Waals surface area contributed by atoms with E-state index in [1.54, 1.807) is 0 Å². The van der Waals surface area contributed by atoms with Gasteiger partial charge in [0.2, 0.25) is 0 Å². The molecule has 0 spiro atoms. The topological polar surface area (TPSA) is 56.2 Å². The maximum absolute atomic E-state index is 6.81.